The fourth-order valence-corrected chi connectivity index (χ4v) is 2.12. The van der Waals surface area contributed by atoms with E-state index in [1.165, 1.54) is 0 Å². The molecule has 0 radical (unpaired) electrons. The first-order chi connectivity index (χ1) is 9.74. The molecule has 1 aromatic heterocycles. The second kappa shape index (κ2) is 5.13. The summed E-state index contributed by atoms with van der Waals surface area (Å²) < 4.78 is 5.17. The lowest BCUT2D eigenvalue weighted by atomic mass is 9.98. The van der Waals surface area contributed by atoms with E-state index in [9.17, 15) is 9.59 Å². The van der Waals surface area contributed by atoms with Crippen LogP contribution in [-0.4, -0.2) is 23.0 Å². The Morgan fingerprint density at radius 1 is 1.20 bits per heavy atom. The number of anilines is 1. The van der Waals surface area contributed by atoms with Gasteiger partial charge in [-0.15, -0.1) is 0 Å². The van der Waals surface area contributed by atoms with Gasteiger partial charge >= 0.3 is 5.97 Å². The topological polar surface area (TPSA) is 68.3 Å². The third-order valence-corrected chi connectivity index (χ3v) is 3.10. The largest absolute Gasteiger partial charge is 0.448 e. The molecule has 0 fully saturated rings. The first-order valence-electron chi connectivity index (χ1n) is 6.25. The van der Waals surface area contributed by atoms with Crippen molar-refractivity contribution < 1.29 is 14.3 Å². The standard InChI is InChI=1S/C15H12N2O3/c18-14(17-13-7-3-4-8-16-13)12-9-10-5-1-2-6-11(10)15(19)20-12/h1-8,12H,9H2,(H,16,17,18). The average Bonchev–Trinajstić information content (AvgIpc) is 2.48. The minimum absolute atomic E-state index is 0.369. The van der Waals surface area contributed by atoms with E-state index in [4.69, 9.17) is 4.74 Å². The summed E-state index contributed by atoms with van der Waals surface area (Å²) in [4.78, 5) is 27.9. The number of aromatic nitrogens is 1. The van der Waals surface area contributed by atoms with Gasteiger partial charge in [-0.25, -0.2) is 9.78 Å². The fourth-order valence-electron chi connectivity index (χ4n) is 2.12. The molecule has 20 heavy (non-hydrogen) atoms. The lowest BCUT2D eigenvalue weighted by molar-refractivity contribution is -0.125. The third-order valence-electron chi connectivity index (χ3n) is 3.10. The number of carbonyl (C=O) groups is 2. The smallest absolute Gasteiger partial charge is 0.339 e. The number of esters is 1. The van der Waals surface area contributed by atoms with Gasteiger partial charge in [-0.05, 0) is 23.8 Å². The molecule has 0 bridgehead atoms. The predicted molar refractivity (Wildman–Crippen MR) is 72.2 cm³/mol. The molecule has 1 aliphatic heterocycles. The van der Waals surface area contributed by atoms with E-state index in [1.807, 2.05) is 12.1 Å². The van der Waals surface area contributed by atoms with Crippen molar-refractivity contribution in [3.8, 4) is 0 Å². The van der Waals surface area contributed by atoms with Gasteiger partial charge in [-0.1, -0.05) is 24.3 Å². The zero-order valence-corrected chi connectivity index (χ0v) is 10.6. The molecule has 0 saturated heterocycles. The normalized spacial score (nSPS) is 17.0. The highest BCUT2D eigenvalue weighted by Gasteiger charge is 2.31. The monoisotopic (exact) mass is 268 g/mol. The zero-order valence-electron chi connectivity index (χ0n) is 10.6. The van der Waals surface area contributed by atoms with Gasteiger partial charge < -0.3 is 10.1 Å². The van der Waals surface area contributed by atoms with E-state index in [1.54, 1.807) is 36.5 Å². The summed E-state index contributed by atoms with van der Waals surface area (Å²) in [6.07, 6.45) is 1.14. The number of hydrogen-bond acceptors (Lipinski definition) is 4. The van der Waals surface area contributed by atoms with E-state index < -0.39 is 12.1 Å². The first kappa shape index (κ1) is 12.3. The summed E-state index contributed by atoms with van der Waals surface area (Å²) in [5, 5.41) is 2.64. The number of amides is 1. The van der Waals surface area contributed by atoms with Crippen molar-refractivity contribution in [2.24, 2.45) is 0 Å². The van der Waals surface area contributed by atoms with Crippen molar-refractivity contribution in [3.05, 3.63) is 59.8 Å². The maximum atomic E-state index is 12.1. The maximum Gasteiger partial charge on any atom is 0.339 e. The lowest BCUT2D eigenvalue weighted by Gasteiger charge is -2.23. The van der Waals surface area contributed by atoms with Crippen LogP contribution in [0, 0.1) is 0 Å². The summed E-state index contributed by atoms with van der Waals surface area (Å²) in [5.41, 5.74) is 1.35. The number of rotatable bonds is 2. The number of hydrogen-bond donors (Lipinski definition) is 1. The second-order valence-corrected chi connectivity index (χ2v) is 4.46. The Hall–Kier alpha value is -2.69. The van der Waals surface area contributed by atoms with E-state index in [2.05, 4.69) is 10.3 Å². The van der Waals surface area contributed by atoms with Crippen LogP contribution in [0.25, 0.3) is 0 Å². The molecular formula is C15H12N2O3. The number of cyclic esters (lactones) is 1. The number of fused-ring (bicyclic) bond motifs is 1. The number of pyridine rings is 1. The van der Waals surface area contributed by atoms with Crippen molar-refractivity contribution in [1.29, 1.82) is 0 Å². The van der Waals surface area contributed by atoms with Crippen LogP contribution in [-0.2, 0) is 16.0 Å². The molecule has 2 aromatic rings. The number of carbonyl (C=O) groups excluding carboxylic acids is 2. The fraction of sp³-hybridized carbons (Fsp3) is 0.133. The van der Waals surface area contributed by atoms with Crippen LogP contribution in [0.5, 0.6) is 0 Å². The van der Waals surface area contributed by atoms with Gasteiger partial charge in [0.05, 0.1) is 5.56 Å². The Kier molecular flexibility index (Phi) is 3.16. The number of nitrogens with zero attached hydrogens (tertiary/aromatic N) is 1. The van der Waals surface area contributed by atoms with Gasteiger partial charge in [-0.2, -0.15) is 0 Å². The zero-order chi connectivity index (χ0) is 13.9. The van der Waals surface area contributed by atoms with Crippen LogP contribution >= 0.6 is 0 Å². The Morgan fingerprint density at radius 2 is 2.00 bits per heavy atom. The number of ether oxygens (including phenoxy) is 1. The van der Waals surface area contributed by atoms with Crippen molar-refractivity contribution in [2.75, 3.05) is 5.32 Å². The molecule has 3 rings (SSSR count). The van der Waals surface area contributed by atoms with Crippen molar-refractivity contribution in [1.82, 2.24) is 4.98 Å². The highest BCUT2D eigenvalue weighted by Crippen LogP contribution is 2.21. The number of benzene rings is 1. The third kappa shape index (κ3) is 2.38. The van der Waals surface area contributed by atoms with Crippen LogP contribution in [0.1, 0.15) is 15.9 Å². The van der Waals surface area contributed by atoms with Gasteiger partial charge in [0.15, 0.2) is 6.10 Å². The molecule has 1 atom stereocenters. The van der Waals surface area contributed by atoms with Crippen LogP contribution in [0.3, 0.4) is 0 Å². The van der Waals surface area contributed by atoms with Crippen LogP contribution < -0.4 is 5.32 Å². The lowest BCUT2D eigenvalue weighted by Crippen LogP contribution is -2.38. The molecule has 5 heteroatoms. The van der Waals surface area contributed by atoms with E-state index in [0.717, 1.165) is 5.56 Å². The molecule has 100 valence electrons. The second-order valence-electron chi connectivity index (χ2n) is 4.46. The maximum absolute atomic E-state index is 12.1. The van der Waals surface area contributed by atoms with E-state index in [-0.39, 0.29) is 5.91 Å². The van der Waals surface area contributed by atoms with Crippen molar-refractivity contribution >= 4 is 17.7 Å². The average molecular weight is 268 g/mol. The summed E-state index contributed by atoms with van der Waals surface area (Å²) in [6, 6.07) is 12.3. The SMILES string of the molecule is O=C1OC(C(=O)Nc2ccccn2)Cc2ccccc21. The summed E-state index contributed by atoms with van der Waals surface area (Å²) in [5.74, 6) is -0.396. The van der Waals surface area contributed by atoms with Gasteiger partial charge in [0.25, 0.3) is 5.91 Å². The molecular weight excluding hydrogens is 256 g/mol. The van der Waals surface area contributed by atoms with E-state index >= 15 is 0 Å². The summed E-state index contributed by atoms with van der Waals surface area (Å²) in [6.45, 7) is 0. The highest BCUT2D eigenvalue weighted by atomic mass is 16.5. The van der Waals surface area contributed by atoms with Crippen molar-refractivity contribution in [3.63, 3.8) is 0 Å². The number of nitrogens with one attached hydrogen (secondary N) is 1. The van der Waals surface area contributed by atoms with Gasteiger partial charge in [0.1, 0.15) is 5.82 Å². The molecule has 5 nitrogen and oxygen atoms in total. The van der Waals surface area contributed by atoms with Gasteiger partial charge in [-0.3, -0.25) is 4.79 Å². The molecule has 0 spiro atoms. The Balaban J connectivity index is 1.76. The Bertz CT molecular complexity index is 655. The molecule has 0 aliphatic carbocycles. The molecule has 1 aromatic carbocycles. The van der Waals surface area contributed by atoms with Gasteiger partial charge in [0.2, 0.25) is 0 Å². The Morgan fingerprint density at radius 3 is 2.80 bits per heavy atom. The van der Waals surface area contributed by atoms with Crippen LogP contribution in [0.4, 0.5) is 5.82 Å². The van der Waals surface area contributed by atoms with Crippen LogP contribution in [0.2, 0.25) is 0 Å². The molecule has 1 amide bonds. The van der Waals surface area contributed by atoms with Crippen molar-refractivity contribution in [2.45, 2.75) is 12.5 Å². The molecule has 1 aliphatic rings. The van der Waals surface area contributed by atoms with E-state index in [0.29, 0.717) is 17.8 Å². The first-order valence-corrected chi connectivity index (χ1v) is 6.25. The summed E-state index contributed by atoms with van der Waals surface area (Å²) in [7, 11) is 0. The quantitative estimate of drug-likeness (QED) is 0.843. The Labute approximate surface area is 115 Å². The molecule has 1 unspecified atom stereocenters. The van der Waals surface area contributed by atoms with Crippen LogP contribution in [0.15, 0.2) is 48.7 Å². The predicted octanol–water partition coefficient (Wildman–Crippen LogP) is 1.80. The van der Waals surface area contributed by atoms with Gasteiger partial charge in [0, 0.05) is 12.6 Å². The molecule has 1 N–H and O–H groups in total. The minimum atomic E-state index is -0.820. The molecule has 0 saturated carbocycles. The summed E-state index contributed by atoms with van der Waals surface area (Å²) >= 11 is 0. The minimum Gasteiger partial charge on any atom is -0.448 e. The molecule has 2 heterocycles. The highest BCUT2D eigenvalue weighted by molar-refractivity contribution is 5.99.